The summed E-state index contributed by atoms with van der Waals surface area (Å²) in [5, 5.41) is 0.771. The molecule has 2 fully saturated rings. The summed E-state index contributed by atoms with van der Waals surface area (Å²) in [6, 6.07) is 15.4. The van der Waals surface area contributed by atoms with Crippen molar-refractivity contribution in [2.24, 2.45) is 5.92 Å². The SMILES string of the molecule is O=C(OCCC1CCCCC1)N1CCN(C(=O)c2ccc(CS(=O)(=O)c3cccc4cccnc34)cc2)CC1. The van der Waals surface area contributed by atoms with Crippen LogP contribution in [0.3, 0.4) is 0 Å². The molecule has 1 saturated heterocycles. The number of sulfone groups is 1. The van der Waals surface area contributed by atoms with Crippen LogP contribution in [0.15, 0.2) is 65.7 Å². The van der Waals surface area contributed by atoms with Gasteiger partial charge in [0.15, 0.2) is 9.84 Å². The van der Waals surface area contributed by atoms with E-state index in [1.54, 1.807) is 58.5 Å². The number of carbonyl (C=O) groups is 2. The second-order valence-electron chi connectivity index (χ2n) is 10.5. The number of hydrogen-bond donors (Lipinski definition) is 0. The maximum Gasteiger partial charge on any atom is 0.409 e. The van der Waals surface area contributed by atoms with E-state index in [4.69, 9.17) is 4.74 Å². The molecule has 1 aliphatic heterocycles. The number of piperazine rings is 1. The summed E-state index contributed by atoms with van der Waals surface area (Å²) in [6.07, 6.45) is 8.55. The Bertz CT molecular complexity index is 1400. The van der Waals surface area contributed by atoms with Crippen LogP contribution in [0.4, 0.5) is 4.79 Å². The Hall–Kier alpha value is -3.46. The standard InChI is InChI=1S/C30H35N3O5S/c34-29(32-17-19-33(20-18-32)30(35)38-21-15-23-6-2-1-3-7-23)26-13-11-24(12-14-26)22-39(36,37)27-10-4-8-25-9-5-16-31-28(25)27/h4-5,8-14,16,23H,1-3,6-7,15,17-22H2. The highest BCUT2D eigenvalue weighted by Crippen LogP contribution is 2.26. The van der Waals surface area contributed by atoms with Gasteiger partial charge in [0.2, 0.25) is 0 Å². The van der Waals surface area contributed by atoms with Crippen molar-refractivity contribution in [2.45, 2.75) is 49.2 Å². The van der Waals surface area contributed by atoms with E-state index in [0.29, 0.717) is 55.3 Å². The molecule has 5 rings (SSSR count). The van der Waals surface area contributed by atoms with Crippen LogP contribution in [0.5, 0.6) is 0 Å². The minimum absolute atomic E-state index is 0.132. The smallest absolute Gasteiger partial charge is 0.409 e. The molecule has 0 radical (unpaired) electrons. The topological polar surface area (TPSA) is 96.9 Å². The third-order valence-corrected chi connectivity index (χ3v) is 9.50. The van der Waals surface area contributed by atoms with Gasteiger partial charge in [-0.2, -0.15) is 0 Å². The van der Waals surface area contributed by atoms with Gasteiger partial charge in [0.25, 0.3) is 5.91 Å². The van der Waals surface area contributed by atoms with Crippen molar-refractivity contribution in [1.29, 1.82) is 0 Å². The monoisotopic (exact) mass is 549 g/mol. The third kappa shape index (κ3) is 6.58. The first-order valence-corrected chi connectivity index (χ1v) is 15.4. The highest BCUT2D eigenvalue weighted by atomic mass is 32.2. The van der Waals surface area contributed by atoms with E-state index in [9.17, 15) is 18.0 Å². The Morgan fingerprint density at radius 2 is 1.56 bits per heavy atom. The largest absolute Gasteiger partial charge is 0.449 e. The van der Waals surface area contributed by atoms with Crippen molar-refractivity contribution in [2.75, 3.05) is 32.8 Å². The third-order valence-electron chi connectivity index (χ3n) is 7.79. The fourth-order valence-corrected chi connectivity index (χ4v) is 7.06. The number of benzene rings is 2. The van der Waals surface area contributed by atoms with Gasteiger partial charge in [-0.05, 0) is 42.2 Å². The normalized spacial score (nSPS) is 16.8. The molecule has 2 amide bonds. The quantitative estimate of drug-likeness (QED) is 0.408. The molecule has 0 atom stereocenters. The predicted molar refractivity (Wildman–Crippen MR) is 149 cm³/mol. The van der Waals surface area contributed by atoms with Gasteiger partial charge >= 0.3 is 6.09 Å². The van der Waals surface area contributed by atoms with Gasteiger partial charge in [-0.1, -0.05) is 62.4 Å². The lowest BCUT2D eigenvalue weighted by molar-refractivity contribution is 0.0543. The first kappa shape index (κ1) is 27.1. The van der Waals surface area contributed by atoms with Crippen LogP contribution in [0.2, 0.25) is 0 Å². The maximum absolute atomic E-state index is 13.2. The molecule has 1 saturated carbocycles. The average molecular weight is 550 g/mol. The molecular formula is C30H35N3O5S. The van der Waals surface area contributed by atoms with Crippen molar-refractivity contribution < 1.29 is 22.7 Å². The number of pyridine rings is 1. The van der Waals surface area contributed by atoms with Gasteiger partial charge in [-0.15, -0.1) is 0 Å². The number of para-hydroxylation sites is 1. The van der Waals surface area contributed by atoms with Gasteiger partial charge < -0.3 is 14.5 Å². The van der Waals surface area contributed by atoms with Crippen molar-refractivity contribution in [3.63, 3.8) is 0 Å². The van der Waals surface area contributed by atoms with Crippen molar-refractivity contribution in [1.82, 2.24) is 14.8 Å². The van der Waals surface area contributed by atoms with Crippen molar-refractivity contribution in [3.05, 3.63) is 71.9 Å². The number of aromatic nitrogens is 1. The summed E-state index contributed by atoms with van der Waals surface area (Å²) in [5.41, 5.74) is 1.55. The molecule has 8 nitrogen and oxygen atoms in total. The molecule has 1 aliphatic carbocycles. The minimum Gasteiger partial charge on any atom is -0.449 e. The number of nitrogens with zero attached hydrogens (tertiary/aromatic N) is 3. The summed E-state index contributed by atoms with van der Waals surface area (Å²) in [4.78, 5) is 33.4. The summed E-state index contributed by atoms with van der Waals surface area (Å²) in [5.74, 6) is 0.356. The number of hydrogen-bond acceptors (Lipinski definition) is 6. The van der Waals surface area contributed by atoms with Gasteiger partial charge in [0.1, 0.15) is 0 Å². The van der Waals surface area contributed by atoms with Crippen LogP contribution >= 0.6 is 0 Å². The Labute approximate surface area is 229 Å². The molecule has 0 spiro atoms. The molecule has 1 aromatic heterocycles. The minimum atomic E-state index is -3.63. The summed E-state index contributed by atoms with van der Waals surface area (Å²) < 4.78 is 31.8. The van der Waals surface area contributed by atoms with Crippen molar-refractivity contribution >= 4 is 32.7 Å². The fraction of sp³-hybridized carbons (Fsp3) is 0.433. The molecule has 206 valence electrons. The van der Waals surface area contributed by atoms with Crippen LogP contribution < -0.4 is 0 Å². The van der Waals surface area contributed by atoms with E-state index in [-0.39, 0.29) is 22.6 Å². The van der Waals surface area contributed by atoms with Crippen LogP contribution in [-0.2, 0) is 20.3 Å². The Kier molecular flexibility index (Phi) is 8.45. The van der Waals surface area contributed by atoms with Crippen LogP contribution in [0.25, 0.3) is 10.9 Å². The molecule has 2 heterocycles. The van der Waals surface area contributed by atoms with E-state index in [1.807, 2.05) is 12.1 Å². The average Bonchev–Trinajstić information content (AvgIpc) is 2.97. The van der Waals surface area contributed by atoms with E-state index in [1.165, 1.54) is 32.1 Å². The maximum atomic E-state index is 13.2. The Morgan fingerprint density at radius 3 is 2.31 bits per heavy atom. The molecule has 0 unspecified atom stereocenters. The second kappa shape index (κ2) is 12.2. The van der Waals surface area contributed by atoms with Crippen molar-refractivity contribution in [3.8, 4) is 0 Å². The van der Waals surface area contributed by atoms with E-state index in [2.05, 4.69) is 4.98 Å². The van der Waals surface area contributed by atoms with E-state index in [0.717, 1.165) is 11.8 Å². The number of rotatable bonds is 7. The van der Waals surface area contributed by atoms with E-state index < -0.39 is 9.84 Å². The molecule has 9 heteroatoms. The summed E-state index contributed by atoms with van der Waals surface area (Å²) in [7, 11) is -3.63. The molecule has 0 N–H and O–H groups in total. The molecular weight excluding hydrogens is 514 g/mol. The zero-order valence-electron chi connectivity index (χ0n) is 22.1. The van der Waals surface area contributed by atoms with Gasteiger partial charge in [-0.3, -0.25) is 9.78 Å². The zero-order chi connectivity index (χ0) is 27.2. The molecule has 2 aliphatic rings. The fourth-order valence-electron chi connectivity index (χ4n) is 5.52. The van der Waals surface area contributed by atoms with Gasteiger partial charge in [-0.25, -0.2) is 13.2 Å². The second-order valence-corrected chi connectivity index (χ2v) is 12.4. The molecule has 2 aromatic carbocycles. The highest BCUT2D eigenvalue weighted by Gasteiger charge is 2.26. The number of fused-ring (bicyclic) bond motifs is 1. The zero-order valence-corrected chi connectivity index (χ0v) is 22.9. The number of carbonyl (C=O) groups excluding carboxylic acids is 2. The lowest BCUT2D eigenvalue weighted by Gasteiger charge is -2.34. The van der Waals surface area contributed by atoms with E-state index >= 15 is 0 Å². The van der Waals surface area contributed by atoms with Gasteiger partial charge in [0, 0.05) is 43.3 Å². The lowest BCUT2D eigenvalue weighted by Crippen LogP contribution is -2.50. The first-order valence-electron chi connectivity index (χ1n) is 13.8. The summed E-state index contributed by atoms with van der Waals surface area (Å²) >= 11 is 0. The van der Waals surface area contributed by atoms with Crippen LogP contribution in [0.1, 0.15) is 54.4 Å². The molecule has 39 heavy (non-hydrogen) atoms. The Balaban J connectivity index is 1.12. The number of ether oxygens (including phenoxy) is 1. The number of amides is 2. The molecule has 3 aromatic rings. The summed E-state index contributed by atoms with van der Waals surface area (Å²) in [6.45, 7) is 2.19. The highest BCUT2D eigenvalue weighted by molar-refractivity contribution is 7.90. The van der Waals surface area contributed by atoms with Crippen LogP contribution in [-0.4, -0.2) is 68.0 Å². The first-order chi connectivity index (χ1) is 18.9. The Morgan fingerprint density at radius 1 is 0.872 bits per heavy atom. The van der Waals surface area contributed by atoms with Gasteiger partial charge in [0.05, 0.1) is 22.8 Å². The lowest BCUT2D eigenvalue weighted by atomic mass is 9.87. The molecule has 0 bridgehead atoms. The predicted octanol–water partition coefficient (Wildman–Crippen LogP) is 5.07. The van der Waals surface area contributed by atoms with Crippen LogP contribution in [0, 0.1) is 5.92 Å².